The molecule has 0 fully saturated rings. The predicted molar refractivity (Wildman–Crippen MR) is 86.4 cm³/mol. The minimum atomic E-state index is -1.59. The summed E-state index contributed by atoms with van der Waals surface area (Å²) in [5, 5.41) is 20.5. The van der Waals surface area contributed by atoms with E-state index in [0.29, 0.717) is 16.7 Å². The average Bonchev–Trinajstić information content (AvgIpc) is 2.60. The van der Waals surface area contributed by atoms with Gasteiger partial charge in [0.1, 0.15) is 5.60 Å². The van der Waals surface area contributed by atoms with E-state index in [2.05, 4.69) is 0 Å². The van der Waals surface area contributed by atoms with Gasteiger partial charge in [0.2, 0.25) is 0 Å². The molecule has 0 spiro atoms. The number of hydrogen-bond acceptors (Lipinski definition) is 4. The molecule has 0 aliphatic heterocycles. The zero-order valence-electron chi connectivity index (χ0n) is 13.4. The molecular weight excluding hydrogens is 290 g/mol. The van der Waals surface area contributed by atoms with Crippen LogP contribution < -0.4 is 0 Å². The zero-order chi connectivity index (χ0) is 17.1. The first kappa shape index (κ1) is 16.7. The van der Waals surface area contributed by atoms with Crippen LogP contribution in [0.25, 0.3) is 0 Å². The Hall–Kier alpha value is -2.64. The number of rotatable bonds is 4. The maximum atomic E-state index is 12.3. The molecule has 0 aliphatic rings. The van der Waals surface area contributed by atoms with Crippen LogP contribution in [-0.4, -0.2) is 18.2 Å². The van der Waals surface area contributed by atoms with Crippen molar-refractivity contribution in [3.8, 4) is 6.07 Å². The molecule has 2 aromatic carbocycles. The van der Waals surface area contributed by atoms with Gasteiger partial charge in [0.05, 0.1) is 24.2 Å². The molecule has 1 atom stereocenters. The minimum absolute atomic E-state index is 0.486. The standard InChI is InChI=1S/C19H19NO3/c1-18(2,17(21)23-3)19(22,15-7-5-4-6-8-15)16-11-9-14(13-20)10-12-16/h4-12,22H,1-3H3. The lowest BCUT2D eigenvalue weighted by Crippen LogP contribution is -2.48. The normalized spacial score (nSPS) is 13.7. The van der Waals surface area contributed by atoms with Gasteiger partial charge in [0.25, 0.3) is 0 Å². The fourth-order valence-electron chi connectivity index (χ4n) is 2.76. The number of carbonyl (C=O) groups is 1. The third-order valence-electron chi connectivity index (χ3n) is 4.22. The Morgan fingerprint density at radius 3 is 2.04 bits per heavy atom. The molecule has 0 aromatic heterocycles. The van der Waals surface area contributed by atoms with Gasteiger partial charge in [-0.1, -0.05) is 42.5 Å². The lowest BCUT2D eigenvalue weighted by molar-refractivity contribution is -0.165. The van der Waals surface area contributed by atoms with Crippen molar-refractivity contribution < 1.29 is 14.6 Å². The van der Waals surface area contributed by atoms with Gasteiger partial charge in [-0.3, -0.25) is 4.79 Å². The fourth-order valence-corrected chi connectivity index (χ4v) is 2.76. The van der Waals surface area contributed by atoms with E-state index >= 15 is 0 Å². The number of carbonyl (C=O) groups excluding carboxylic acids is 1. The quantitative estimate of drug-likeness (QED) is 0.881. The Balaban J connectivity index is 2.70. The third-order valence-corrected chi connectivity index (χ3v) is 4.22. The van der Waals surface area contributed by atoms with Gasteiger partial charge in [-0.15, -0.1) is 0 Å². The molecule has 2 aromatic rings. The molecule has 2 rings (SSSR count). The average molecular weight is 309 g/mol. The van der Waals surface area contributed by atoms with Gasteiger partial charge < -0.3 is 9.84 Å². The Bertz CT molecular complexity index is 729. The van der Waals surface area contributed by atoms with Gasteiger partial charge in [-0.05, 0) is 37.1 Å². The van der Waals surface area contributed by atoms with Crippen LogP contribution in [0.1, 0.15) is 30.5 Å². The summed E-state index contributed by atoms with van der Waals surface area (Å²) in [5.41, 5.74) is -1.22. The first-order valence-electron chi connectivity index (χ1n) is 7.25. The van der Waals surface area contributed by atoms with Crippen LogP contribution in [0.3, 0.4) is 0 Å². The highest BCUT2D eigenvalue weighted by molar-refractivity contribution is 5.79. The monoisotopic (exact) mass is 309 g/mol. The molecular formula is C19H19NO3. The molecule has 0 aliphatic carbocycles. The van der Waals surface area contributed by atoms with Gasteiger partial charge in [-0.25, -0.2) is 0 Å². The minimum Gasteiger partial charge on any atom is -0.469 e. The van der Waals surface area contributed by atoms with Gasteiger partial charge >= 0.3 is 5.97 Å². The Kier molecular flexibility index (Phi) is 4.53. The number of nitriles is 1. The second-order valence-corrected chi connectivity index (χ2v) is 5.88. The SMILES string of the molecule is COC(=O)C(C)(C)C(O)(c1ccccc1)c1ccc(C#N)cc1. The molecule has 0 heterocycles. The molecule has 4 nitrogen and oxygen atoms in total. The summed E-state index contributed by atoms with van der Waals surface area (Å²) >= 11 is 0. The van der Waals surface area contributed by atoms with E-state index in [1.807, 2.05) is 12.1 Å². The summed E-state index contributed by atoms with van der Waals surface area (Å²) in [5.74, 6) is -0.520. The van der Waals surface area contributed by atoms with Gasteiger partial charge in [-0.2, -0.15) is 5.26 Å². The second-order valence-electron chi connectivity index (χ2n) is 5.88. The molecule has 1 N–H and O–H groups in total. The van der Waals surface area contributed by atoms with Crippen LogP contribution in [0, 0.1) is 16.7 Å². The summed E-state index contributed by atoms with van der Waals surface area (Å²) in [6, 6.07) is 17.6. The predicted octanol–water partition coefficient (Wildman–Crippen LogP) is 2.99. The van der Waals surface area contributed by atoms with Crippen LogP contribution in [0.4, 0.5) is 0 Å². The van der Waals surface area contributed by atoms with Crippen LogP contribution in [0.15, 0.2) is 54.6 Å². The maximum Gasteiger partial charge on any atom is 0.314 e. The van der Waals surface area contributed by atoms with Crippen LogP contribution >= 0.6 is 0 Å². The van der Waals surface area contributed by atoms with E-state index in [4.69, 9.17) is 10.00 Å². The second kappa shape index (κ2) is 6.23. The molecule has 23 heavy (non-hydrogen) atoms. The van der Waals surface area contributed by atoms with Crippen molar-refractivity contribution in [1.29, 1.82) is 5.26 Å². The largest absolute Gasteiger partial charge is 0.469 e. The number of methoxy groups -OCH3 is 1. The van der Waals surface area contributed by atoms with E-state index in [9.17, 15) is 9.90 Å². The van der Waals surface area contributed by atoms with Crippen molar-refractivity contribution in [3.63, 3.8) is 0 Å². The Labute approximate surface area is 136 Å². The van der Waals surface area contributed by atoms with E-state index < -0.39 is 17.0 Å². The molecule has 4 heteroatoms. The number of nitrogens with zero attached hydrogens (tertiary/aromatic N) is 1. The van der Waals surface area contributed by atoms with E-state index in [-0.39, 0.29) is 0 Å². The van der Waals surface area contributed by atoms with Crippen molar-refractivity contribution in [3.05, 3.63) is 71.3 Å². The van der Waals surface area contributed by atoms with Crippen LogP contribution in [-0.2, 0) is 15.1 Å². The van der Waals surface area contributed by atoms with E-state index in [1.165, 1.54) is 7.11 Å². The first-order chi connectivity index (χ1) is 10.9. The Morgan fingerprint density at radius 2 is 1.57 bits per heavy atom. The van der Waals surface area contributed by atoms with E-state index in [0.717, 1.165) is 0 Å². The number of benzene rings is 2. The molecule has 0 radical (unpaired) electrons. The van der Waals surface area contributed by atoms with Crippen molar-refractivity contribution in [1.82, 2.24) is 0 Å². The molecule has 0 bridgehead atoms. The lowest BCUT2D eigenvalue weighted by atomic mass is 9.67. The highest BCUT2D eigenvalue weighted by Gasteiger charge is 2.52. The van der Waals surface area contributed by atoms with Crippen LogP contribution in [0.5, 0.6) is 0 Å². The zero-order valence-corrected chi connectivity index (χ0v) is 13.4. The topological polar surface area (TPSA) is 70.3 Å². The fraction of sp³-hybridized carbons (Fsp3) is 0.263. The maximum absolute atomic E-state index is 12.3. The van der Waals surface area contributed by atoms with E-state index in [1.54, 1.807) is 62.4 Å². The molecule has 1 unspecified atom stereocenters. The summed E-state index contributed by atoms with van der Waals surface area (Å²) in [7, 11) is 1.30. The molecule has 0 saturated heterocycles. The molecule has 118 valence electrons. The lowest BCUT2D eigenvalue weighted by Gasteiger charge is -2.41. The van der Waals surface area contributed by atoms with Crippen molar-refractivity contribution in [2.24, 2.45) is 5.41 Å². The summed E-state index contributed by atoms with van der Waals surface area (Å²) < 4.78 is 4.90. The number of esters is 1. The van der Waals surface area contributed by atoms with Crippen molar-refractivity contribution >= 4 is 5.97 Å². The molecule has 0 amide bonds. The van der Waals surface area contributed by atoms with Gasteiger partial charge in [0, 0.05) is 0 Å². The van der Waals surface area contributed by atoms with Crippen molar-refractivity contribution in [2.75, 3.05) is 7.11 Å². The number of hydrogen-bond donors (Lipinski definition) is 1. The number of aliphatic hydroxyl groups is 1. The van der Waals surface area contributed by atoms with Crippen LogP contribution in [0.2, 0.25) is 0 Å². The highest BCUT2D eigenvalue weighted by Crippen LogP contribution is 2.45. The third kappa shape index (κ3) is 2.71. The summed E-state index contributed by atoms with van der Waals surface area (Å²) in [6.45, 7) is 3.29. The first-order valence-corrected chi connectivity index (χ1v) is 7.25. The summed E-state index contributed by atoms with van der Waals surface area (Å²) in [4.78, 5) is 12.3. The highest BCUT2D eigenvalue weighted by atomic mass is 16.5. The smallest absolute Gasteiger partial charge is 0.314 e. The summed E-state index contributed by atoms with van der Waals surface area (Å²) in [6.07, 6.45) is 0. The Morgan fingerprint density at radius 1 is 1.04 bits per heavy atom. The van der Waals surface area contributed by atoms with Gasteiger partial charge in [0.15, 0.2) is 0 Å². The molecule has 0 saturated carbocycles. The number of ether oxygens (including phenoxy) is 1. The van der Waals surface area contributed by atoms with Crippen molar-refractivity contribution in [2.45, 2.75) is 19.4 Å².